The van der Waals surface area contributed by atoms with Crippen molar-refractivity contribution in [1.29, 1.82) is 5.26 Å². The number of ether oxygens (including phenoxy) is 1. The molecule has 0 N–H and O–H groups in total. The highest BCUT2D eigenvalue weighted by Crippen LogP contribution is 2.30. The Morgan fingerprint density at radius 3 is 2.24 bits per heavy atom. The molecule has 2 saturated heterocycles. The molecule has 1 amide bonds. The van der Waals surface area contributed by atoms with Crippen molar-refractivity contribution in [3.05, 3.63) is 130 Å². The van der Waals surface area contributed by atoms with Crippen molar-refractivity contribution in [3.8, 4) is 11.8 Å². The van der Waals surface area contributed by atoms with Crippen molar-refractivity contribution >= 4 is 27.0 Å². The number of likely N-dealkylation sites (tertiary alicyclic amines) is 1. The summed E-state index contributed by atoms with van der Waals surface area (Å²) in [4.78, 5) is 36.0. The van der Waals surface area contributed by atoms with E-state index >= 15 is 0 Å². The van der Waals surface area contributed by atoms with Crippen LogP contribution in [0.25, 0.3) is 11.0 Å². The van der Waals surface area contributed by atoms with E-state index in [0.717, 1.165) is 49.5 Å². The minimum absolute atomic E-state index is 0.0773. The van der Waals surface area contributed by atoms with Gasteiger partial charge < -0.3 is 9.64 Å². The molecule has 7 rings (SSSR count). The second kappa shape index (κ2) is 14.6. The maximum atomic E-state index is 14.8. The SMILES string of the molecule is COc1ccc(S(=O)(=O)n2c(=O)n(C(C(=O)N3CCC[C@H](N4CCN(Cc5ccccc5)CC4)C3)c3ccccc3)c3cc(C#N)ccc32)cc1. The zero-order valence-electron chi connectivity index (χ0n) is 28.5. The number of amides is 1. The number of hydrogen-bond acceptors (Lipinski definition) is 8. The van der Waals surface area contributed by atoms with Crippen LogP contribution < -0.4 is 10.4 Å². The Morgan fingerprint density at radius 1 is 0.882 bits per heavy atom. The van der Waals surface area contributed by atoms with Crippen LogP contribution in [-0.2, 0) is 21.4 Å². The predicted octanol–water partition coefficient (Wildman–Crippen LogP) is 4.32. The molecule has 12 heteroatoms. The molecule has 262 valence electrons. The number of benzene rings is 4. The van der Waals surface area contributed by atoms with Crippen molar-refractivity contribution in [1.82, 2.24) is 23.2 Å². The molecular formula is C39H40N6O5S. The fourth-order valence-electron chi connectivity index (χ4n) is 7.39. The van der Waals surface area contributed by atoms with Gasteiger partial charge in [0.05, 0.1) is 34.7 Å². The molecule has 2 atom stereocenters. The number of nitriles is 1. The zero-order chi connectivity index (χ0) is 35.5. The largest absolute Gasteiger partial charge is 0.497 e. The lowest BCUT2D eigenvalue weighted by Gasteiger charge is -2.44. The third kappa shape index (κ3) is 6.80. The number of carbonyl (C=O) groups is 1. The summed E-state index contributed by atoms with van der Waals surface area (Å²) in [5.41, 5.74) is 1.45. The van der Waals surface area contributed by atoms with Gasteiger partial charge in [-0.3, -0.25) is 19.2 Å². The molecule has 0 spiro atoms. The van der Waals surface area contributed by atoms with Gasteiger partial charge in [0.15, 0.2) is 0 Å². The highest BCUT2D eigenvalue weighted by Gasteiger charge is 2.37. The van der Waals surface area contributed by atoms with Crippen LogP contribution in [0.4, 0.5) is 0 Å². The van der Waals surface area contributed by atoms with E-state index in [1.54, 1.807) is 24.3 Å². The molecular weight excluding hydrogens is 665 g/mol. The fourth-order valence-corrected chi connectivity index (χ4v) is 8.79. The molecule has 2 aliphatic heterocycles. The highest BCUT2D eigenvalue weighted by molar-refractivity contribution is 7.90. The normalized spacial score (nSPS) is 18.0. The Labute approximate surface area is 297 Å². The third-order valence-corrected chi connectivity index (χ3v) is 11.7. The van der Waals surface area contributed by atoms with Crippen molar-refractivity contribution in [2.24, 2.45) is 0 Å². The van der Waals surface area contributed by atoms with Crippen LogP contribution in [0.3, 0.4) is 0 Å². The lowest BCUT2D eigenvalue weighted by molar-refractivity contribution is -0.136. The standard InChI is InChI=1S/C39H40N6O5S/c1-50-33-15-17-34(18-16-33)51(48,49)45-35-19-14-30(26-40)25-36(35)44(39(45)47)37(31-11-6-3-7-12-31)38(46)43-20-8-13-32(28-43)42-23-21-41(22-24-42)27-29-9-4-2-5-10-29/h2-7,9-12,14-19,25,32,37H,8,13,20-24,27-28H2,1H3/t32-,37?/m0/s1. The van der Waals surface area contributed by atoms with Gasteiger partial charge in [0.25, 0.3) is 15.9 Å². The number of methoxy groups -OCH3 is 1. The predicted molar refractivity (Wildman–Crippen MR) is 194 cm³/mol. The number of piperidine rings is 1. The van der Waals surface area contributed by atoms with Crippen LogP contribution in [0.5, 0.6) is 5.75 Å². The molecule has 51 heavy (non-hydrogen) atoms. The lowest BCUT2D eigenvalue weighted by Crippen LogP contribution is -2.56. The van der Waals surface area contributed by atoms with Gasteiger partial charge in [-0.1, -0.05) is 60.7 Å². The van der Waals surface area contributed by atoms with Crippen LogP contribution in [0.2, 0.25) is 0 Å². The molecule has 1 aromatic heterocycles. The van der Waals surface area contributed by atoms with Crippen molar-refractivity contribution in [3.63, 3.8) is 0 Å². The number of nitrogens with zero attached hydrogens (tertiary/aromatic N) is 6. The van der Waals surface area contributed by atoms with Crippen molar-refractivity contribution in [2.75, 3.05) is 46.4 Å². The Kier molecular flexibility index (Phi) is 9.77. The van der Waals surface area contributed by atoms with Gasteiger partial charge in [0, 0.05) is 51.9 Å². The number of rotatable bonds is 9. The molecule has 0 radical (unpaired) electrons. The first kappa shape index (κ1) is 34.2. The van der Waals surface area contributed by atoms with Gasteiger partial charge in [-0.15, -0.1) is 0 Å². The second-order valence-corrected chi connectivity index (χ2v) is 14.9. The number of imidazole rings is 1. The summed E-state index contributed by atoms with van der Waals surface area (Å²) in [5, 5.41) is 9.81. The minimum atomic E-state index is -4.42. The molecule has 2 aliphatic rings. The summed E-state index contributed by atoms with van der Waals surface area (Å²) in [6, 6.07) is 30.7. The molecule has 11 nitrogen and oxygen atoms in total. The van der Waals surface area contributed by atoms with E-state index < -0.39 is 21.8 Å². The Morgan fingerprint density at radius 2 is 1.57 bits per heavy atom. The Balaban J connectivity index is 1.23. The van der Waals surface area contributed by atoms with Crippen LogP contribution in [0.1, 0.15) is 35.6 Å². The molecule has 1 unspecified atom stereocenters. The van der Waals surface area contributed by atoms with Gasteiger partial charge in [-0.2, -0.15) is 9.23 Å². The molecule has 3 heterocycles. The Hall–Kier alpha value is -5.22. The molecule has 5 aromatic rings. The van der Waals surface area contributed by atoms with Crippen molar-refractivity contribution < 1.29 is 17.9 Å². The number of carbonyl (C=O) groups excluding carboxylic acids is 1. The zero-order valence-corrected chi connectivity index (χ0v) is 29.3. The number of piperazine rings is 1. The lowest BCUT2D eigenvalue weighted by atomic mass is 9.99. The first-order chi connectivity index (χ1) is 24.8. The number of aromatic nitrogens is 2. The summed E-state index contributed by atoms with van der Waals surface area (Å²) in [7, 11) is -2.95. The van der Waals surface area contributed by atoms with E-state index in [1.807, 2.05) is 17.0 Å². The van der Waals surface area contributed by atoms with E-state index in [0.29, 0.717) is 24.4 Å². The molecule has 0 saturated carbocycles. The maximum Gasteiger partial charge on any atom is 0.344 e. The first-order valence-electron chi connectivity index (χ1n) is 17.2. The summed E-state index contributed by atoms with van der Waals surface area (Å²) >= 11 is 0. The average Bonchev–Trinajstić information content (AvgIpc) is 3.47. The molecule has 2 fully saturated rings. The number of fused-ring (bicyclic) bond motifs is 1. The second-order valence-electron chi connectivity index (χ2n) is 13.1. The van der Waals surface area contributed by atoms with Gasteiger partial charge in [-0.05, 0) is 66.4 Å². The minimum Gasteiger partial charge on any atom is -0.497 e. The van der Waals surface area contributed by atoms with E-state index in [4.69, 9.17) is 4.74 Å². The number of hydrogen-bond donors (Lipinski definition) is 0. The van der Waals surface area contributed by atoms with Gasteiger partial charge in [-0.25, -0.2) is 13.2 Å². The average molecular weight is 705 g/mol. The van der Waals surface area contributed by atoms with E-state index in [1.165, 1.54) is 59.7 Å². The van der Waals surface area contributed by atoms with Crippen molar-refractivity contribution in [2.45, 2.75) is 36.4 Å². The fraction of sp³-hybridized carbons (Fsp3) is 0.308. The monoisotopic (exact) mass is 704 g/mol. The highest BCUT2D eigenvalue weighted by atomic mass is 32.2. The van der Waals surface area contributed by atoms with Crippen LogP contribution in [-0.4, -0.2) is 90.0 Å². The Bertz CT molecular complexity index is 2220. The first-order valence-corrected chi connectivity index (χ1v) is 18.6. The van der Waals surface area contributed by atoms with Crippen LogP contribution in [0, 0.1) is 11.3 Å². The topological polar surface area (TPSA) is 121 Å². The summed E-state index contributed by atoms with van der Waals surface area (Å²) in [6.45, 7) is 5.60. The molecule has 4 aromatic carbocycles. The van der Waals surface area contributed by atoms with Crippen LogP contribution >= 0.6 is 0 Å². The van der Waals surface area contributed by atoms with E-state index in [9.17, 15) is 23.3 Å². The summed E-state index contributed by atoms with van der Waals surface area (Å²) in [5.74, 6) is 0.171. The van der Waals surface area contributed by atoms with Gasteiger partial charge in [0.1, 0.15) is 11.8 Å². The maximum absolute atomic E-state index is 14.8. The smallest absolute Gasteiger partial charge is 0.344 e. The summed E-state index contributed by atoms with van der Waals surface area (Å²) in [6.07, 6.45) is 1.77. The van der Waals surface area contributed by atoms with Crippen LogP contribution in [0.15, 0.2) is 113 Å². The third-order valence-electron chi connectivity index (χ3n) is 10.0. The van der Waals surface area contributed by atoms with Gasteiger partial charge >= 0.3 is 5.69 Å². The van der Waals surface area contributed by atoms with E-state index in [-0.39, 0.29) is 33.4 Å². The van der Waals surface area contributed by atoms with Gasteiger partial charge in [0.2, 0.25) is 0 Å². The van der Waals surface area contributed by atoms with E-state index in [2.05, 4.69) is 40.1 Å². The molecule has 0 bridgehead atoms. The molecule has 0 aliphatic carbocycles. The quantitative estimate of drug-likeness (QED) is 0.223. The summed E-state index contributed by atoms with van der Waals surface area (Å²) < 4.78 is 35.5.